The molecule has 2 aromatic carbocycles. The molecule has 216 valence electrons. The fourth-order valence-electron chi connectivity index (χ4n) is 3.79. The van der Waals surface area contributed by atoms with E-state index in [1.54, 1.807) is 75.4 Å². The van der Waals surface area contributed by atoms with Crippen LogP contribution >= 0.6 is 0 Å². The van der Waals surface area contributed by atoms with Crippen LogP contribution in [-0.2, 0) is 36.8 Å². The third kappa shape index (κ3) is 8.49. The summed E-state index contributed by atoms with van der Waals surface area (Å²) in [6.45, 7) is 4.44. The van der Waals surface area contributed by atoms with Gasteiger partial charge in [-0.05, 0) is 38.5 Å². The lowest BCUT2D eigenvalue weighted by molar-refractivity contribution is -0.152. The van der Waals surface area contributed by atoms with E-state index in [0.29, 0.717) is 16.9 Å². The van der Waals surface area contributed by atoms with Crippen molar-refractivity contribution in [1.82, 2.24) is 14.9 Å². The molecule has 0 aliphatic rings. The van der Waals surface area contributed by atoms with E-state index in [1.807, 2.05) is 0 Å². The first-order valence-corrected chi connectivity index (χ1v) is 12.6. The van der Waals surface area contributed by atoms with Gasteiger partial charge in [-0.1, -0.05) is 42.5 Å². The molecule has 2 N–H and O–H groups in total. The maximum absolute atomic E-state index is 13.4. The van der Waals surface area contributed by atoms with Crippen LogP contribution in [0.25, 0.3) is 11.4 Å². The van der Waals surface area contributed by atoms with Crippen LogP contribution in [0.5, 0.6) is 5.75 Å². The Morgan fingerprint density at radius 3 is 2.22 bits per heavy atom. The number of hydrogen-bond donors (Lipinski definition) is 2. The zero-order valence-corrected chi connectivity index (χ0v) is 23.4. The van der Waals surface area contributed by atoms with Gasteiger partial charge in [-0.2, -0.15) is 0 Å². The monoisotopic (exact) mass is 564 g/mol. The summed E-state index contributed by atoms with van der Waals surface area (Å²) in [4.78, 5) is 68.2. The van der Waals surface area contributed by atoms with Crippen molar-refractivity contribution in [3.8, 4) is 17.1 Å². The number of hydrogen-bond acceptors (Lipinski definition) is 9. The number of amides is 2. The van der Waals surface area contributed by atoms with Crippen LogP contribution in [0, 0.1) is 0 Å². The van der Waals surface area contributed by atoms with Crippen molar-refractivity contribution in [2.24, 2.45) is 0 Å². The molecule has 0 spiro atoms. The van der Waals surface area contributed by atoms with Gasteiger partial charge in [0.15, 0.2) is 0 Å². The summed E-state index contributed by atoms with van der Waals surface area (Å²) in [6.07, 6.45) is 0.280. The summed E-state index contributed by atoms with van der Waals surface area (Å²) in [5, 5.41) is 4.90. The lowest BCUT2D eigenvalue weighted by Gasteiger charge is -2.20. The van der Waals surface area contributed by atoms with Crippen molar-refractivity contribution >= 4 is 29.4 Å². The molecule has 1 unspecified atom stereocenters. The quantitative estimate of drug-likeness (QED) is 0.279. The van der Waals surface area contributed by atoms with Crippen molar-refractivity contribution in [2.45, 2.75) is 45.4 Å². The van der Waals surface area contributed by atoms with E-state index in [2.05, 4.69) is 20.4 Å². The SMILES string of the molecule is COC(=O)C(=O)C(Cc1ccc(OC)cc1)NC(=O)Cn1c(-c2ccccc2)ncc(NC(=O)OC(C)(C)C)c1=O. The molecule has 0 radical (unpaired) electrons. The number of nitrogens with zero attached hydrogens (tertiary/aromatic N) is 2. The molecule has 1 aromatic heterocycles. The van der Waals surface area contributed by atoms with E-state index in [1.165, 1.54) is 13.3 Å². The van der Waals surface area contributed by atoms with E-state index < -0.39 is 47.5 Å². The van der Waals surface area contributed by atoms with Gasteiger partial charge < -0.3 is 19.5 Å². The highest BCUT2D eigenvalue weighted by Gasteiger charge is 2.29. The van der Waals surface area contributed by atoms with Crippen LogP contribution < -0.4 is 20.9 Å². The molecule has 1 atom stereocenters. The summed E-state index contributed by atoms with van der Waals surface area (Å²) in [5.74, 6) is -2.11. The second-order valence-corrected chi connectivity index (χ2v) is 9.91. The predicted molar refractivity (Wildman–Crippen MR) is 149 cm³/mol. The van der Waals surface area contributed by atoms with Crippen molar-refractivity contribution in [3.63, 3.8) is 0 Å². The molecule has 0 aliphatic heterocycles. The summed E-state index contributed by atoms with van der Waals surface area (Å²) < 4.78 is 16.0. The molecule has 12 heteroatoms. The number of methoxy groups -OCH3 is 2. The van der Waals surface area contributed by atoms with Gasteiger partial charge in [-0.3, -0.25) is 24.3 Å². The molecule has 0 bridgehead atoms. The van der Waals surface area contributed by atoms with Crippen LogP contribution in [0.4, 0.5) is 10.5 Å². The minimum absolute atomic E-state index is 0.0252. The normalized spacial score (nSPS) is 11.6. The predicted octanol–water partition coefficient (Wildman–Crippen LogP) is 2.74. The first-order chi connectivity index (χ1) is 19.4. The van der Waals surface area contributed by atoms with Gasteiger partial charge >= 0.3 is 12.1 Å². The largest absolute Gasteiger partial charge is 0.497 e. The van der Waals surface area contributed by atoms with Gasteiger partial charge in [-0.25, -0.2) is 14.6 Å². The standard InChI is InChI=1S/C29H32N4O8/c1-29(2,3)41-28(38)32-22-16-30-25(19-9-7-6-8-10-19)33(26(22)36)17-23(34)31-21(24(35)27(37)40-5)15-18-11-13-20(39-4)14-12-18/h6-14,16,21H,15,17H2,1-5H3,(H,31,34)(H,32,38). The molecular formula is C29H32N4O8. The Bertz CT molecular complexity index is 1460. The fraction of sp³-hybridized carbons (Fsp3) is 0.310. The summed E-state index contributed by atoms with van der Waals surface area (Å²) in [7, 11) is 2.57. The van der Waals surface area contributed by atoms with Crippen molar-refractivity contribution in [2.75, 3.05) is 19.5 Å². The summed E-state index contributed by atoms with van der Waals surface area (Å²) in [5.41, 5.74) is -0.591. The maximum Gasteiger partial charge on any atom is 0.412 e. The Hall–Kier alpha value is -5.00. The van der Waals surface area contributed by atoms with Gasteiger partial charge in [0.25, 0.3) is 11.3 Å². The summed E-state index contributed by atoms with van der Waals surface area (Å²) >= 11 is 0. The molecule has 0 aliphatic carbocycles. The van der Waals surface area contributed by atoms with Crippen LogP contribution in [0.1, 0.15) is 26.3 Å². The number of esters is 1. The Kier molecular flexibility index (Phi) is 9.96. The van der Waals surface area contributed by atoms with Gasteiger partial charge in [0, 0.05) is 12.0 Å². The number of rotatable bonds is 10. The fourth-order valence-corrected chi connectivity index (χ4v) is 3.79. The van der Waals surface area contributed by atoms with Crippen molar-refractivity contribution in [1.29, 1.82) is 0 Å². The van der Waals surface area contributed by atoms with Crippen LogP contribution in [0.3, 0.4) is 0 Å². The van der Waals surface area contributed by atoms with E-state index in [0.717, 1.165) is 11.7 Å². The van der Waals surface area contributed by atoms with Crippen LogP contribution in [-0.4, -0.2) is 59.2 Å². The lowest BCUT2D eigenvalue weighted by Crippen LogP contribution is -2.47. The maximum atomic E-state index is 13.4. The minimum Gasteiger partial charge on any atom is -0.497 e. The molecular weight excluding hydrogens is 532 g/mol. The van der Waals surface area contributed by atoms with Gasteiger partial charge in [-0.15, -0.1) is 0 Å². The number of benzene rings is 2. The van der Waals surface area contributed by atoms with Gasteiger partial charge in [0.05, 0.1) is 20.4 Å². The number of aromatic nitrogens is 2. The average molecular weight is 565 g/mol. The smallest absolute Gasteiger partial charge is 0.412 e. The first kappa shape index (κ1) is 30.5. The minimum atomic E-state index is -1.28. The number of carbonyl (C=O) groups is 4. The molecule has 3 rings (SSSR count). The molecule has 41 heavy (non-hydrogen) atoms. The molecule has 0 fully saturated rings. The number of ether oxygens (including phenoxy) is 3. The highest BCUT2D eigenvalue weighted by molar-refractivity contribution is 6.36. The highest BCUT2D eigenvalue weighted by Crippen LogP contribution is 2.17. The van der Waals surface area contributed by atoms with E-state index in [4.69, 9.17) is 9.47 Å². The van der Waals surface area contributed by atoms with Crippen LogP contribution in [0.15, 0.2) is 65.6 Å². The molecule has 2 amide bonds. The number of nitrogens with one attached hydrogen (secondary N) is 2. The average Bonchev–Trinajstić information content (AvgIpc) is 2.94. The van der Waals surface area contributed by atoms with Crippen molar-refractivity contribution in [3.05, 3.63) is 76.7 Å². The number of carbonyl (C=O) groups excluding carboxylic acids is 4. The molecule has 3 aromatic rings. The van der Waals surface area contributed by atoms with E-state index >= 15 is 0 Å². The molecule has 12 nitrogen and oxygen atoms in total. The number of anilines is 1. The highest BCUT2D eigenvalue weighted by atomic mass is 16.6. The third-order valence-electron chi connectivity index (χ3n) is 5.65. The van der Waals surface area contributed by atoms with Crippen LogP contribution in [0.2, 0.25) is 0 Å². The van der Waals surface area contributed by atoms with Gasteiger partial charge in [0.1, 0.15) is 35.4 Å². The lowest BCUT2D eigenvalue weighted by atomic mass is 10.0. The Morgan fingerprint density at radius 2 is 1.63 bits per heavy atom. The first-order valence-electron chi connectivity index (χ1n) is 12.6. The Labute approximate surface area is 236 Å². The zero-order valence-electron chi connectivity index (χ0n) is 23.4. The molecule has 1 heterocycles. The Balaban J connectivity index is 1.93. The van der Waals surface area contributed by atoms with E-state index in [9.17, 15) is 24.0 Å². The second kappa shape index (κ2) is 13.4. The van der Waals surface area contributed by atoms with Gasteiger partial charge in [0.2, 0.25) is 5.91 Å². The Morgan fingerprint density at radius 1 is 0.976 bits per heavy atom. The number of Topliss-reactive ketones (excluding diaryl/α,β-unsaturated/α-hetero) is 1. The third-order valence-corrected chi connectivity index (χ3v) is 5.65. The van der Waals surface area contributed by atoms with Crippen molar-refractivity contribution < 1.29 is 33.4 Å². The van der Waals surface area contributed by atoms with E-state index in [-0.39, 0.29) is 17.9 Å². The molecule has 0 saturated heterocycles. The zero-order chi connectivity index (χ0) is 30.2. The molecule has 0 saturated carbocycles. The number of ketones is 1. The second-order valence-electron chi connectivity index (χ2n) is 9.91. The topological polar surface area (TPSA) is 155 Å². The summed E-state index contributed by atoms with van der Waals surface area (Å²) in [6, 6.07) is 14.1.